The third kappa shape index (κ3) is 65.5. The van der Waals surface area contributed by atoms with Gasteiger partial charge in [0, 0.05) is 19.3 Å². The van der Waals surface area contributed by atoms with Crippen LogP contribution in [0.2, 0.25) is 0 Å². The molecule has 0 amide bonds. The van der Waals surface area contributed by atoms with E-state index in [2.05, 4.69) is 179 Å². The van der Waals surface area contributed by atoms with Crippen molar-refractivity contribution in [1.29, 1.82) is 0 Å². The number of hydrogen-bond donors (Lipinski definition) is 0. The predicted molar refractivity (Wildman–Crippen MR) is 352 cm³/mol. The molecule has 0 saturated carbocycles. The number of rotatable bonds is 57. The number of carbonyl (C=O) groups is 3. The molecule has 0 aromatic heterocycles. The van der Waals surface area contributed by atoms with Crippen LogP contribution in [-0.2, 0) is 28.6 Å². The van der Waals surface area contributed by atoms with E-state index < -0.39 is 6.10 Å². The van der Waals surface area contributed by atoms with E-state index in [1.165, 1.54) is 77.0 Å². The summed E-state index contributed by atoms with van der Waals surface area (Å²) in [5, 5.41) is 0. The van der Waals surface area contributed by atoms with Gasteiger partial charge in [0.05, 0.1) is 0 Å². The predicted octanol–water partition coefficient (Wildman–Crippen LogP) is 22.7. The zero-order valence-electron chi connectivity index (χ0n) is 52.0. The second-order valence-corrected chi connectivity index (χ2v) is 20.9. The van der Waals surface area contributed by atoms with Crippen LogP contribution in [-0.4, -0.2) is 37.2 Å². The first kappa shape index (κ1) is 75.8. The lowest BCUT2D eigenvalue weighted by atomic mass is 10.0. The SMILES string of the molecule is CC/C=C\C/C=C\C/C=C\C/C=C\C/C=C\C/C=C\CCCCCCCCCCCCCCCCC(=O)OCC(COC(=O)CC/C=C\C/C=C\C/C=C\C/C=C\CC)OC(=O)CCCCCC/C=C\C/C=C\C/C=C\C/C=C\CC. The molecular weight excluding hydrogens is 997 g/mol. The highest BCUT2D eigenvalue weighted by Gasteiger charge is 2.19. The number of hydrogen-bond acceptors (Lipinski definition) is 6. The minimum atomic E-state index is -0.828. The Balaban J connectivity index is 4.29. The summed E-state index contributed by atoms with van der Waals surface area (Å²) in [7, 11) is 0. The van der Waals surface area contributed by atoms with Gasteiger partial charge < -0.3 is 14.2 Å². The molecule has 1 unspecified atom stereocenters. The fourth-order valence-electron chi connectivity index (χ4n) is 8.45. The Morgan fingerprint density at radius 1 is 0.247 bits per heavy atom. The molecule has 0 aliphatic rings. The Hall–Kier alpha value is -5.23. The molecule has 0 aromatic carbocycles. The van der Waals surface area contributed by atoms with E-state index in [4.69, 9.17) is 14.2 Å². The second-order valence-electron chi connectivity index (χ2n) is 20.9. The van der Waals surface area contributed by atoms with Gasteiger partial charge >= 0.3 is 17.9 Å². The molecule has 0 aromatic rings. The first-order valence-corrected chi connectivity index (χ1v) is 32.6. The third-order valence-electron chi connectivity index (χ3n) is 13.2. The Bertz CT molecular complexity index is 1860. The summed E-state index contributed by atoms with van der Waals surface area (Å²) in [6.07, 6.45) is 99.6. The number of carbonyl (C=O) groups excluding carboxylic acids is 3. The molecule has 0 saturated heterocycles. The molecule has 0 bridgehead atoms. The monoisotopic (exact) mass is 1110 g/mol. The van der Waals surface area contributed by atoms with Crippen LogP contribution in [0.1, 0.15) is 265 Å². The number of unbranched alkanes of at least 4 members (excludes halogenated alkanes) is 18. The first-order chi connectivity index (χ1) is 40.0. The molecule has 81 heavy (non-hydrogen) atoms. The zero-order valence-corrected chi connectivity index (χ0v) is 52.0. The molecule has 0 rings (SSSR count). The smallest absolute Gasteiger partial charge is 0.306 e. The van der Waals surface area contributed by atoms with Crippen molar-refractivity contribution in [2.75, 3.05) is 13.2 Å². The normalized spacial score (nSPS) is 13.3. The maximum atomic E-state index is 12.9. The lowest BCUT2D eigenvalue weighted by Crippen LogP contribution is -2.30. The van der Waals surface area contributed by atoms with E-state index >= 15 is 0 Å². The molecule has 0 aliphatic heterocycles. The molecule has 6 heteroatoms. The molecule has 454 valence electrons. The minimum absolute atomic E-state index is 0.116. The first-order valence-electron chi connectivity index (χ1n) is 32.6. The van der Waals surface area contributed by atoms with E-state index in [1.54, 1.807) is 0 Å². The zero-order chi connectivity index (χ0) is 58.5. The van der Waals surface area contributed by atoms with E-state index in [9.17, 15) is 14.4 Å². The lowest BCUT2D eigenvalue weighted by molar-refractivity contribution is -0.166. The largest absolute Gasteiger partial charge is 0.462 e. The molecule has 0 heterocycles. The van der Waals surface area contributed by atoms with E-state index in [0.29, 0.717) is 12.8 Å². The maximum Gasteiger partial charge on any atom is 0.306 e. The van der Waals surface area contributed by atoms with Gasteiger partial charge in [-0.3, -0.25) is 14.4 Å². The highest BCUT2D eigenvalue weighted by atomic mass is 16.6. The summed E-state index contributed by atoms with van der Waals surface area (Å²) >= 11 is 0. The molecule has 0 spiro atoms. The van der Waals surface area contributed by atoms with Gasteiger partial charge in [0.25, 0.3) is 0 Å². The highest BCUT2D eigenvalue weighted by molar-refractivity contribution is 5.71. The van der Waals surface area contributed by atoms with E-state index in [0.717, 1.165) is 141 Å². The average Bonchev–Trinajstić information content (AvgIpc) is 3.46. The van der Waals surface area contributed by atoms with Gasteiger partial charge in [0.2, 0.25) is 0 Å². The van der Waals surface area contributed by atoms with E-state index in [-0.39, 0.29) is 44.0 Å². The topological polar surface area (TPSA) is 78.9 Å². The van der Waals surface area contributed by atoms with Crippen molar-refractivity contribution in [2.24, 2.45) is 0 Å². The van der Waals surface area contributed by atoms with E-state index in [1.807, 2.05) is 12.2 Å². The van der Waals surface area contributed by atoms with Gasteiger partial charge in [0.15, 0.2) is 6.10 Å². The van der Waals surface area contributed by atoms with Crippen molar-refractivity contribution in [3.05, 3.63) is 170 Å². The quantitative estimate of drug-likeness (QED) is 0.0261. The van der Waals surface area contributed by atoms with Gasteiger partial charge in [-0.1, -0.05) is 281 Å². The van der Waals surface area contributed by atoms with Crippen molar-refractivity contribution in [2.45, 2.75) is 271 Å². The van der Waals surface area contributed by atoms with Crippen LogP contribution in [0.3, 0.4) is 0 Å². The Morgan fingerprint density at radius 3 is 0.765 bits per heavy atom. The van der Waals surface area contributed by atoms with Crippen LogP contribution in [0, 0.1) is 0 Å². The van der Waals surface area contributed by atoms with Crippen molar-refractivity contribution in [3.8, 4) is 0 Å². The van der Waals surface area contributed by atoms with Crippen LogP contribution in [0.15, 0.2) is 170 Å². The van der Waals surface area contributed by atoms with Crippen LogP contribution >= 0.6 is 0 Å². The Kier molecular flexibility index (Phi) is 62.9. The van der Waals surface area contributed by atoms with Crippen LogP contribution < -0.4 is 0 Å². The summed E-state index contributed by atoms with van der Waals surface area (Å²) in [5.41, 5.74) is 0. The molecule has 6 nitrogen and oxygen atoms in total. The molecular formula is C75H118O6. The number of allylic oxidation sites excluding steroid dienone is 28. The van der Waals surface area contributed by atoms with Gasteiger partial charge in [-0.2, -0.15) is 0 Å². The summed E-state index contributed by atoms with van der Waals surface area (Å²) in [6, 6.07) is 0. The third-order valence-corrected chi connectivity index (χ3v) is 13.2. The van der Waals surface area contributed by atoms with Crippen molar-refractivity contribution >= 4 is 17.9 Å². The number of esters is 3. The fraction of sp³-hybridized carbons (Fsp3) is 0.587. The highest BCUT2D eigenvalue weighted by Crippen LogP contribution is 2.15. The maximum absolute atomic E-state index is 12.9. The summed E-state index contributed by atoms with van der Waals surface area (Å²) in [6.45, 7) is 6.21. The minimum Gasteiger partial charge on any atom is -0.462 e. The Labute approximate surface area is 498 Å². The van der Waals surface area contributed by atoms with Crippen molar-refractivity contribution in [3.63, 3.8) is 0 Å². The van der Waals surface area contributed by atoms with Crippen molar-refractivity contribution < 1.29 is 28.6 Å². The fourth-order valence-corrected chi connectivity index (χ4v) is 8.45. The van der Waals surface area contributed by atoms with Gasteiger partial charge in [-0.05, 0) is 135 Å². The second kappa shape index (κ2) is 67.3. The average molecular weight is 1120 g/mol. The van der Waals surface area contributed by atoms with Crippen molar-refractivity contribution in [1.82, 2.24) is 0 Å². The standard InChI is InChI=1S/C75H118O6/c1-4-7-10-13-16-19-22-25-27-29-30-31-32-33-34-35-36-37-38-39-40-41-42-43-44-46-47-50-53-56-59-62-65-68-74(77)80-71-72(70-79-73(76)67-64-61-58-55-52-49-24-21-18-15-12-9-6-3)81-75(78)69-66-63-60-57-54-51-48-45-28-26-23-20-17-14-11-8-5-2/h7-12,16-21,25-28,30-31,33-34,36-37,48-49,51-52,58,61,72H,4-6,13-15,22-24,29,32,35,38-47,50,53-57,59-60,62-71H2,1-3H3/b10-7-,11-8-,12-9-,19-16-,20-17-,21-18-,27-25-,28-26-,31-30-,34-33-,37-36-,51-48-,52-49-,61-58-. The molecule has 0 fully saturated rings. The van der Waals surface area contributed by atoms with Crippen LogP contribution in [0.25, 0.3) is 0 Å². The van der Waals surface area contributed by atoms with Gasteiger partial charge in [-0.25, -0.2) is 0 Å². The molecule has 0 N–H and O–H groups in total. The van der Waals surface area contributed by atoms with Gasteiger partial charge in [-0.15, -0.1) is 0 Å². The van der Waals surface area contributed by atoms with Crippen LogP contribution in [0.5, 0.6) is 0 Å². The van der Waals surface area contributed by atoms with Gasteiger partial charge in [0.1, 0.15) is 13.2 Å². The lowest BCUT2D eigenvalue weighted by Gasteiger charge is -2.18. The Morgan fingerprint density at radius 2 is 0.469 bits per heavy atom. The van der Waals surface area contributed by atoms with Crippen LogP contribution in [0.4, 0.5) is 0 Å². The molecule has 1 atom stereocenters. The molecule has 0 radical (unpaired) electrons. The summed E-state index contributed by atoms with van der Waals surface area (Å²) < 4.78 is 16.8. The summed E-state index contributed by atoms with van der Waals surface area (Å²) in [5.74, 6) is -1.03. The molecule has 0 aliphatic carbocycles. The number of ether oxygens (including phenoxy) is 3. The summed E-state index contributed by atoms with van der Waals surface area (Å²) in [4.78, 5) is 38.2.